The average molecular weight is 184 g/mol. The van der Waals surface area contributed by atoms with E-state index >= 15 is 0 Å². The number of nitrogen functional groups attached to an aromatic ring is 1. The van der Waals surface area contributed by atoms with Crippen LogP contribution in [-0.2, 0) is 4.79 Å². The van der Waals surface area contributed by atoms with Gasteiger partial charge in [0.05, 0.1) is 22.7 Å². The van der Waals surface area contributed by atoms with Gasteiger partial charge in [0.15, 0.2) is 0 Å². The Morgan fingerprint density at radius 3 is 2.92 bits per heavy atom. The number of nitrogens with two attached hydrogens (primary N) is 1. The molecule has 0 amide bonds. The molecule has 5 heteroatoms. The van der Waals surface area contributed by atoms with Gasteiger partial charge in [-0.3, -0.25) is 4.79 Å². The summed E-state index contributed by atoms with van der Waals surface area (Å²) in [4.78, 5) is 14.1. The van der Waals surface area contributed by atoms with Crippen molar-refractivity contribution in [1.82, 2.24) is 4.98 Å². The number of pyridine rings is 1. The molecule has 0 aliphatic heterocycles. The molecule has 12 heavy (non-hydrogen) atoms. The van der Waals surface area contributed by atoms with Crippen LogP contribution >= 0.6 is 11.8 Å². The van der Waals surface area contributed by atoms with Crippen LogP contribution in [0.4, 0.5) is 5.69 Å². The highest BCUT2D eigenvalue weighted by Gasteiger charge is 1.99. The van der Waals surface area contributed by atoms with E-state index in [1.54, 1.807) is 12.1 Å². The van der Waals surface area contributed by atoms with Gasteiger partial charge in [-0.1, -0.05) is 11.8 Å². The maximum absolute atomic E-state index is 10.2. The minimum absolute atomic E-state index is 0.0247. The standard InChI is InChI=1S/C7H8N2O2S/c8-5-1-2-6(9-3-5)12-4-7(10)11/h1-3H,4,8H2,(H,10,11). The lowest BCUT2D eigenvalue weighted by Gasteiger charge is -1.96. The lowest BCUT2D eigenvalue weighted by Crippen LogP contribution is -1.98. The molecule has 0 aromatic carbocycles. The van der Waals surface area contributed by atoms with Crippen molar-refractivity contribution in [3.8, 4) is 0 Å². The van der Waals surface area contributed by atoms with Gasteiger partial charge in [0.1, 0.15) is 0 Å². The number of anilines is 1. The molecule has 0 aliphatic carbocycles. The maximum Gasteiger partial charge on any atom is 0.313 e. The summed E-state index contributed by atoms with van der Waals surface area (Å²) in [5.41, 5.74) is 5.97. The van der Waals surface area contributed by atoms with Gasteiger partial charge in [-0.05, 0) is 12.1 Å². The smallest absolute Gasteiger partial charge is 0.313 e. The topological polar surface area (TPSA) is 76.2 Å². The van der Waals surface area contributed by atoms with Gasteiger partial charge >= 0.3 is 5.97 Å². The van der Waals surface area contributed by atoms with E-state index in [4.69, 9.17) is 10.8 Å². The molecule has 1 aromatic heterocycles. The van der Waals surface area contributed by atoms with E-state index in [0.717, 1.165) is 0 Å². The molecule has 0 saturated carbocycles. The van der Waals surface area contributed by atoms with Crippen molar-refractivity contribution in [2.75, 3.05) is 11.5 Å². The highest BCUT2D eigenvalue weighted by atomic mass is 32.2. The fourth-order valence-corrected chi connectivity index (χ4v) is 1.18. The summed E-state index contributed by atoms with van der Waals surface area (Å²) >= 11 is 1.17. The van der Waals surface area contributed by atoms with Gasteiger partial charge in [0.25, 0.3) is 0 Å². The van der Waals surface area contributed by atoms with Crippen LogP contribution in [0.3, 0.4) is 0 Å². The first-order chi connectivity index (χ1) is 5.68. The minimum atomic E-state index is -0.848. The summed E-state index contributed by atoms with van der Waals surface area (Å²) in [7, 11) is 0. The number of aromatic nitrogens is 1. The molecule has 0 radical (unpaired) electrons. The number of hydrogen-bond donors (Lipinski definition) is 2. The summed E-state index contributed by atoms with van der Waals surface area (Å²) < 4.78 is 0. The first-order valence-corrected chi connectivity index (χ1v) is 4.23. The van der Waals surface area contributed by atoms with Crippen LogP contribution in [0.25, 0.3) is 0 Å². The first kappa shape index (κ1) is 8.86. The molecule has 0 aliphatic rings. The third-order valence-electron chi connectivity index (χ3n) is 1.10. The van der Waals surface area contributed by atoms with Crippen molar-refractivity contribution in [3.63, 3.8) is 0 Å². The Hall–Kier alpha value is -1.23. The van der Waals surface area contributed by atoms with Crippen LogP contribution in [0.15, 0.2) is 23.4 Å². The molecule has 64 valence electrons. The number of hydrogen-bond acceptors (Lipinski definition) is 4. The monoisotopic (exact) mass is 184 g/mol. The number of rotatable bonds is 3. The molecule has 1 aromatic rings. The second kappa shape index (κ2) is 3.96. The van der Waals surface area contributed by atoms with Crippen molar-refractivity contribution in [2.45, 2.75) is 5.03 Å². The van der Waals surface area contributed by atoms with Crippen LogP contribution in [0, 0.1) is 0 Å². The van der Waals surface area contributed by atoms with Gasteiger partial charge in [-0.15, -0.1) is 0 Å². The Labute approximate surface area is 73.8 Å². The van der Waals surface area contributed by atoms with Crippen molar-refractivity contribution in [2.24, 2.45) is 0 Å². The van der Waals surface area contributed by atoms with E-state index in [-0.39, 0.29) is 5.75 Å². The summed E-state index contributed by atoms with van der Waals surface area (Å²) in [5, 5.41) is 9.03. The Kier molecular flexibility index (Phi) is 2.93. The number of thioether (sulfide) groups is 1. The number of carboxylic acids is 1. The van der Waals surface area contributed by atoms with Crippen molar-refractivity contribution >= 4 is 23.4 Å². The van der Waals surface area contributed by atoms with E-state index in [1.807, 2.05) is 0 Å². The van der Waals surface area contributed by atoms with Crippen molar-refractivity contribution < 1.29 is 9.90 Å². The van der Waals surface area contributed by atoms with E-state index in [0.29, 0.717) is 10.7 Å². The predicted molar refractivity (Wildman–Crippen MR) is 47.0 cm³/mol. The Morgan fingerprint density at radius 2 is 2.42 bits per heavy atom. The molecule has 0 spiro atoms. The largest absolute Gasteiger partial charge is 0.481 e. The molecular formula is C7H8N2O2S. The van der Waals surface area contributed by atoms with Crippen LogP contribution in [-0.4, -0.2) is 21.8 Å². The highest BCUT2D eigenvalue weighted by Crippen LogP contribution is 2.14. The zero-order valence-corrected chi connectivity index (χ0v) is 7.04. The quantitative estimate of drug-likeness (QED) is 0.681. The lowest BCUT2D eigenvalue weighted by atomic mass is 10.4. The summed E-state index contributed by atoms with van der Waals surface area (Å²) in [6.45, 7) is 0. The fraction of sp³-hybridized carbons (Fsp3) is 0.143. The summed E-state index contributed by atoms with van der Waals surface area (Å²) in [6, 6.07) is 3.39. The number of aliphatic carboxylic acids is 1. The maximum atomic E-state index is 10.2. The van der Waals surface area contributed by atoms with Crippen LogP contribution in [0.2, 0.25) is 0 Å². The third kappa shape index (κ3) is 2.79. The minimum Gasteiger partial charge on any atom is -0.481 e. The summed E-state index contributed by atoms with van der Waals surface area (Å²) in [5.74, 6) is -0.824. The van der Waals surface area contributed by atoms with Gasteiger partial charge < -0.3 is 10.8 Å². The van der Waals surface area contributed by atoms with E-state index < -0.39 is 5.97 Å². The van der Waals surface area contributed by atoms with Crippen molar-refractivity contribution in [3.05, 3.63) is 18.3 Å². The van der Waals surface area contributed by atoms with E-state index in [2.05, 4.69) is 4.98 Å². The lowest BCUT2D eigenvalue weighted by molar-refractivity contribution is -0.133. The molecule has 0 saturated heterocycles. The van der Waals surface area contributed by atoms with Crippen LogP contribution in [0.1, 0.15) is 0 Å². The predicted octanol–water partition coefficient (Wildman–Crippen LogP) is 0.841. The van der Waals surface area contributed by atoms with Gasteiger partial charge in [-0.2, -0.15) is 0 Å². The van der Waals surface area contributed by atoms with Crippen molar-refractivity contribution in [1.29, 1.82) is 0 Å². The van der Waals surface area contributed by atoms with E-state index in [9.17, 15) is 4.79 Å². The molecule has 1 rings (SSSR count). The Morgan fingerprint density at radius 1 is 1.67 bits per heavy atom. The molecule has 4 nitrogen and oxygen atoms in total. The normalized spacial score (nSPS) is 9.67. The highest BCUT2D eigenvalue weighted by molar-refractivity contribution is 7.99. The average Bonchev–Trinajstić information content (AvgIpc) is 2.03. The molecule has 0 unspecified atom stereocenters. The molecular weight excluding hydrogens is 176 g/mol. The van der Waals surface area contributed by atoms with Gasteiger partial charge in [0.2, 0.25) is 0 Å². The molecule has 1 heterocycles. The van der Waals surface area contributed by atoms with Crippen LogP contribution in [0.5, 0.6) is 0 Å². The Bertz CT molecular complexity index is 273. The molecule has 0 bridgehead atoms. The molecule has 0 atom stereocenters. The van der Waals surface area contributed by atoms with Crippen LogP contribution < -0.4 is 5.73 Å². The second-order valence-corrected chi connectivity index (χ2v) is 3.11. The molecule has 0 fully saturated rings. The zero-order valence-electron chi connectivity index (χ0n) is 6.23. The van der Waals surface area contributed by atoms with Gasteiger partial charge in [0, 0.05) is 0 Å². The third-order valence-corrected chi connectivity index (χ3v) is 2.03. The number of nitrogens with zero attached hydrogens (tertiary/aromatic N) is 1. The fourth-order valence-electron chi connectivity index (χ4n) is 0.613. The van der Waals surface area contributed by atoms with Gasteiger partial charge in [-0.25, -0.2) is 4.98 Å². The SMILES string of the molecule is Nc1ccc(SCC(=O)O)nc1. The number of carboxylic acid groups (broad SMARTS) is 1. The number of carbonyl (C=O) groups is 1. The zero-order chi connectivity index (χ0) is 8.97. The summed E-state index contributed by atoms with van der Waals surface area (Å²) in [6.07, 6.45) is 1.50. The van der Waals surface area contributed by atoms with E-state index in [1.165, 1.54) is 18.0 Å². The second-order valence-electron chi connectivity index (χ2n) is 2.11. The molecule has 3 N–H and O–H groups in total. The Balaban J connectivity index is 2.53. The first-order valence-electron chi connectivity index (χ1n) is 3.24.